The number of carbonyl (C=O) groups is 2. The Labute approximate surface area is 202 Å². The number of nitrogen functional groups attached to an aromatic ring is 1. The number of carboxylic acids is 1. The molecule has 7 nitrogen and oxygen atoms in total. The maximum Gasteiger partial charge on any atom is 0.336 e. The predicted octanol–water partition coefficient (Wildman–Crippen LogP) is 5.05. The summed E-state index contributed by atoms with van der Waals surface area (Å²) in [6.45, 7) is 0. The number of nitrogens with one attached hydrogen (secondary N) is 1. The smallest absolute Gasteiger partial charge is 0.336 e. The normalized spacial score (nSPS) is 18.1. The largest absolute Gasteiger partial charge is 0.478 e. The third-order valence-corrected chi connectivity index (χ3v) is 6.95. The van der Waals surface area contributed by atoms with Crippen molar-refractivity contribution >= 4 is 28.4 Å². The molecule has 0 bridgehead atoms. The molecule has 5 rings (SSSR count). The van der Waals surface area contributed by atoms with Crippen LogP contribution in [-0.4, -0.2) is 22.9 Å². The van der Waals surface area contributed by atoms with Crippen LogP contribution >= 0.6 is 0 Å². The van der Waals surface area contributed by atoms with E-state index in [2.05, 4.69) is 0 Å². The highest BCUT2D eigenvalue weighted by Gasteiger charge is 2.25. The van der Waals surface area contributed by atoms with Gasteiger partial charge in [0.05, 0.1) is 10.9 Å². The molecule has 1 aliphatic heterocycles. The van der Waals surface area contributed by atoms with Gasteiger partial charge in [0.1, 0.15) is 11.3 Å². The van der Waals surface area contributed by atoms with Crippen LogP contribution in [0.4, 0.5) is 5.69 Å². The molecule has 0 atom stereocenters. The SMILES string of the molecule is N=c1ccc2c(-c3ccc(C(=O)CC4CCC(N)CC4)cc3C(=O)O)c3ccc(N)cc3oc-2c1. The first-order chi connectivity index (χ1) is 16.8. The first-order valence-corrected chi connectivity index (χ1v) is 11.8. The van der Waals surface area contributed by atoms with Crippen molar-refractivity contribution in [2.75, 3.05) is 5.73 Å². The van der Waals surface area contributed by atoms with Crippen LogP contribution in [0.2, 0.25) is 0 Å². The first kappa shape index (κ1) is 22.8. The molecule has 6 N–H and O–H groups in total. The lowest BCUT2D eigenvalue weighted by Gasteiger charge is -2.25. The van der Waals surface area contributed by atoms with Gasteiger partial charge in [-0.3, -0.25) is 4.79 Å². The average Bonchev–Trinajstić information content (AvgIpc) is 2.83. The van der Waals surface area contributed by atoms with E-state index in [1.54, 1.807) is 48.5 Å². The summed E-state index contributed by atoms with van der Waals surface area (Å²) in [6, 6.07) is 15.3. The fourth-order valence-corrected chi connectivity index (χ4v) is 5.08. The van der Waals surface area contributed by atoms with Gasteiger partial charge in [-0.25, -0.2) is 4.79 Å². The number of aromatic carboxylic acids is 1. The topological polar surface area (TPSA) is 143 Å². The number of anilines is 1. The Bertz CT molecular complexity index is 1480. The Hall–Kier alpha value is -3.97. The summed E-state index contributed by atoms with van der Waals surface area (Å²) in [5, 5.41) is 19.1. The van der Waals surface area contributed by atoms with Crippen LogP contribution in [0.5, 0.6) is 0 Å². The van der Waals surface area contributed by atoms with Crippen molar-refractivity contribution in [1.29, 1.82) is 5.41 Å². The molecule has 0 saturated heterocycles. The van der Waals surface area contributed by atoms with Crippen molar-refractivity contribution in [3.8, 4) is 22.5 Å². The molecule has 2 aromatic carbocycles. The summed E-state index contributed by atoms with van der Waals surface area (Å²) in [6.07, 6.45) is 4.07. The van der Waals surface area contributed by atoms with E-state index in [0.717, 1.165) is 25.7 Å². The third kappa shape index (κ3) is 4.42. The van der Waals surface area contributed by atoms with E-state index < -0.39 is 5.97 Å². The molecule has 2 aromatic rings. The first-order valence-electron chi connectivity index (χ1n) is 11.8. The van der Waals surface area contributed by atoms with Gasteiger partial charge in [0.15, 0.2) is 5.78 Å². The number of rotatable bonds is 5. The number of ketones is 1. The zero-order valence-electron chi connectivity index (χ0n) is 19.2. The Morgan fingerprint density at radius 3 is 2.46 bits per heavy atom. The Kier molecular flexibility index (Phi) is 5.86. The number of carbonyl (C=O) groups excluding carboxylic acids is 1. The average molecular weight is 470 g/mol. The highest BCUT2D eigenvalue weighted by Crippen LogP contribution is 2.42. The quantitative estimate of drug-likeness (QED) is 0.183. The van der Waals surface area contributed by atoms with E-state index in [1.165, 1.54) is 6.07 Å². The molecular weight excluding hydrogens is 442 g/mol. The minimum atomic E-state index is -1.12. The van der Waals surface area contributed by atoms with Gasteiger partial charge in [0.2, 0.25) is 0 Å². The van der Waals surface area contributed by atoms with Gasteiger partial charge in [-0.05, 0) is 67.5 Å². The summed E-state index contributed by atoms with van der Waals surface area (Å²) in [4.78, 5) is 25.4. The minimum absolute atomic E-state index is 0.0436. The van der Waals surface area contributed by atoms with E-state index in [4.69, 9.17) is 21.3 Å². The molecule has 0 amide bonds. The summed E-state index contributed by atoms with van der Waals surface area (Å²) >= 11 is 0. The van der Waals surface area contributed by atoms with Crippen LogP contribution < -0.4 is 16.8 Å². The summed E-state index contributed by atoms with van der Waals surface area (Å²) in [5.41, 5.74) is 15.2. The van der Waals surface area contributed by atoms with Gasteiger partial charge >= 0.3 is 5.97 Å². The highest BCUT2D eigenvalue weighted by molar-refractivity contribution is 6.09. The molecule has 35 heavy (non-hydrogen) atoms. The van der Waals surface area contributed by atoms with E-state index in [9.17, 15) is 14.7 Å². The van der Waals surface area contributed by atoms with Crippen LogP contribution in [0.3, 0.4) is 0 Å². The van der Waals surface area contributed by atoms with Crippen LogP contribution in [0.1, 0.15) is 52.8 Å². The lowest BCUT2D eigenvalue weighted by Crippen LogP contribution is -2.27. The van der Waals surface area contributed by atoms with Crippen molar-refractivity contribution < 1.29 is 19.1 Å². The fourth-order valence-electron chi connectivity index (χ4n) is 5.08. The molecule has 0 unspecified atom stereocenters. The molecular formula is C28H27N3O4. The number of hydrogen-bond donors (Lipinski definition) is 4. The van der Waals surface area contributed by atoms with Gasteiger partial charge in [0.25, 0.3) is 0 Å². The second-order valence-corrected chi connectivity index (χ2v) is 9.42. The van der Waals surface area contributed by atoms with Gasteiger partial charge in [-0.15, -0.1) is 0 Å². The molecule has 178 valence electrons. The summed E-state index contributed by atoms with van der Waals surface area (Å²) < 4.78 is 6.01. The molecule has 0 aromatic heterocycles. The maximum absolute atomic E-state index is 13.0. The maximum atomic E-state index is 13.0. The number of hydrogen-bond acceptors (Lipinski definition) is 6. The Morgan fingerprint density at radius 2 is 1.71 bits per heavy atom. The molecule has 0 radical (unpaired) electrons. The van der Waals surface area contributed by atoms with Crippen LogP contribution in [-0.2, 0) is 0 Å². The van der Waals surface area contributed by atoms with Crippen LogP contribution in [0, 0.1) is 11.3 Å². The van der Waals surface area contributed by atoms with Gasteiger partial charge < -0.3 is 26.4 Å². The van der Waals surface area contributed by atoms with E-state index >= 15 is 0 Å². The Balaban J connectivity index is 1.63. The van der Waals surface area contributed by atoms with Gasteiger partial charge in [0, 0.05) is 52.4 Å². The second-order valence-electron chi connectivity index (χ2n) is 9.42. The van der Waals surface area contributed by atoms with Crippen molar-refractivity contribution in [3.05, 3.63) is 71.1 Å². The second kappa shape index (κ2) is 9.00. The van der Waals surface area contributed by atoms with Gasteiger partial charge in [-0.2, -0.15) is 0 Å². The molecule has 0 spiro atoms. The van der Waals surface area contributed by atoms with Crippen molar-refractivity contribution in [3.63, 3.8) is 0 Å². The zero-order chi connectivity index (χ0) is 24.7. The standard InChI is InChI=1S/C28H27N3O4/c29-17-4-1-15(2-5-17)11-24(32)16-3-8-20(23(12-16)28(33)34)27-21-9-6-18(30)13-25(21)35-26-14-19(31)7-10-22(26)27/h3,6-10,12-15,17,30H,1-2,4-5,11,29,31H2,(H,33,34). The fraction of sp³-hybridized carbons (Fsp3) is 0.250. The molecule has 7 heteroatoms. The van der Waals surface area contributed by atoms with E-state index in [0.29, 0.717) is 51.1 Å². The minimum Gasteiger partial charge on any atom is -0.478 e. The number of nitrogens with two attached hydrogens (primary N) is 2. The zero-order valence-corrected chi connectivity index (χ0v) is 19.2. The molecule has 3 aliphatic rings. The van der Waals surface area contributed by atoms with Gasteiger partial charge in [-0.1, -0.05) is 12.1 Å². The van der Waals surface area contributed by atoms with Crippen molar-refractivity contribution in [1.82, 2.24) is 0 Å². The molecule has 1 saturated carbocycles. The lowest BCUT2D eigenvalue weighted by atomic mass is 9.82. The highest BCUT2D eigenvalue weighted by atomic mass is 16.4. The molecule has 1 fully saturated rings. The summed E-state index contributed by atoms with van der Waals surface area (Å²) in [5.74, 6) is -0.433. The van der Waals surface area contributed by atoms with Crippen LogP contribution in [0.25, 0.3) is 33.4 Å². The number of fused-ring (bicyclic) bond motifs is 2. The van der Waals surface area contributed by atoms with E-state index in [-0.39, 0.29) is 28.7 Å². The molecule has 2 aliphatic carbocycles. The summed E-state index contributed by atoms with van der Waals surface area (Å²) in [7, 11) is 0. The lowest BCUT2D eigenvalue weighted by molar-refractivity contribution is 0.0697. The monoisotopic (exact) mass is 469 g/mol. The molecule has 1 heterocycles. The number of Topliss-reactive ketones (excluding diaryl/α,β-unsaturated/α-hetero) is 1. The van der Waals surface area contributed by atoms with Crippen molar-refractivity contribution in [2.45, 2.75) is 38.1 Å². The third-order valence-electron chi connectivity index (χ3n) is 6.95. The predicted molar refractivity (Wildman–Crippen MR) is 134 cm³/mol. The van der Waals surface area contributed by atoms with Crippen LogP contribution in [0.15, 0.2) is 59.0 Å². The number of carboxylic acid groups (broad SMARTS) is 1. The number of benzene rings is 3. The Morgan fingerprint density at radius 1 is 0.971 bits per heavy atom. The van der Waals surface area contributed by atoms with E-state index in [1.807, 2.05) is 0 Å². The van der Waals surface area contributed by atoms with Crippen molar-refractivity contribution in [2.24, 2.45) is 11.7 Å².